The average molecular weight is 335 g/mol. The predicted molar refractivity (Wildman–Crippen MR) is 72.9 cm³/mol. The van der Waals surface area contributed by atoms with Gasteiger partial charge in [-0.2, -0.15) is 0 Å². The largest absolute Gasteiger partial charge is 0.480 e. The van der Waals surface area contributed by atoms with Gasteiger partial charge in [-0.05, 0) is 34.0 Å². The van der Waals surface area contributed by atoms with Gasteiger partial charge in [0.2, 0.25) is 0 Å². The Balaban J connectivity index is 2.94. The van der Waals surface area contributed by atoms with Gasteiger partial charge in [0.05, 0.1) is 10.6 Å². The third-order valence-corrected chi connectivity index (χ3v) is 3.71. The number of carboxylic acid groups (broad SMARTS) is 1. The van der Waals surface area contributed by atoms with Crippen molar-refractivity contribution in [1.82, 2.24) is 5.32 Å². The van der Waals surface area contributed by atoms with E-state index in [0.717, 1.165) is 0 Å². The van der Waals surface area contributed by atoms with Crippen LogP contribution in [-0.4, -0.2) is 23.0 Å². The Morgan fingerprint density at radius 1 is 1.39 bits per heavy atom. The smallest absolute Gasteiger partial charge is 0.326 e. The second-order valence-corrected chi connectivity index (χ2v) is 5.37. The highest BCUT2D eigenvalue weighted by Gasteiger charge is 2.25. The molecule has 1 atom stereocenters. The van der Waals surface area contributed by atoms with Crippen molar-refractivity contribution in [3.63, 3.8) is 0 Å². The Morgan fingerprint density at radius 2 is 2.00 bits per heavy atom. The summed E-state index contributed by atoms with van der Waals surface area (Å²) in [7, 11) is 0. The standard InChI is InChI=1S/C12H13BrClNO3/c1-6(2)10(12(17)18)15-11(16)7-4-3-5-8(13)9(7)14/h3-6,10H,1-2H3,(H,15,16)(H,17,18). The Labute approximate surface area is 118 Å². The molecule has 1 rings (SSSR count). The quantitative estimate of drug-likeness (QED) is 0.889. The summed E-state index contributed by atoms with van der Waals surface area (Å²) in [5.74, 6) is -1.77. The highest BCUT2D eigenvalue weighted by molar-refractivity contribution is 9.10. The van der Waals surface area contributed by atoms with Gasteiger partial charge in [-0.3, -0.25) is 4.79 Å². The summed E-state index contributed by atoms with van der Waals surface area (Å²) in [5.41, 5.74) is 0.248. The molecule has 0 aliphatic carbocycles. The van der Waals surface area contributed by atoms with Crippen molar-refractivity contribution in [2.45, 2.75) is 19.9 Å². The number of carboxylic acids is 1. The molecular weight excluding hydrogens is 321 g/mol. The molecule has 0 aliphatic rings. The molecule has 0 fully saturated rings. The van der Waals surface area contributed by atoms with Crippen LogP contribution >= 0.6 is 27.5 Å². The first-order valence-corrected chi connectivity index (χ1v) is 6.49. The zero-order valence-corrected chi connectivity index (χ0v) is 12.2. The molecule has 4 nitrogen and oxygen atoms in total. The summed E-state index contributed by atoms with van der Waals surface area (Å²) < 4.78 is 0.591. The van der Waals surface area contributed by atoms with Crippen LogP contribution in [0.2, 0.25) is 5.02 Å². The third kappa shape index (κ3) is 3.46. The minimum absolute atomic E-state index is 0.211. The van der Waals surface area contributed by atoms with E-state index < -0.39 is 17.9 Å². The zero-order chi connectivity index (χ0) is 13.9. The van der Waals surface area contributed by atoms with Crippen molar-refractivity contribution in [2.75, 3.05) is 0 Å². The molecule has 98 valence electrons. The average Bonchev–Trinajstić information content (AvgIpc) is 2.28. The molecule has 1 amide bonds. The first-order chi connectivity index (χ1) is 8.34. The lowest BCUT2D eigenvalue weighted by atomic mass is 10.0. The van der Waals surface area contributed by atoms with Crippen LogP contribution < -0.4 is 5.32 Å². The SMILES string of the molecule is CC(C)C(NC(=O)c1cccc(Br)c1Cl)C(=O)O. The number of carbonyl (C=O) groups is 2. The van der Waals surface area contributed by atoms with Crippen LogP contribution in [0.3, 0.4) is 0 Å². The minimum Gasteiger partial charge on any atom is -0.480 e. The second-order valence-electron chi connectivity index (χ2n) is 4.13. The van der Waals surface area contributed by atoms with E-state index in [2.05, 4.69) is 21.2 Å². The number of aliphatic carboxylic acids is 1. The third-order valence-electron chi connectivity index (χ3n) is 2.42. The summed E-state index contributed by atoms with van der Waals surface area (Å²) in [4.78, 5) is 23.0. The van der Waals surface area contributed by atoms with E-state index in [0.29, 0.717) is 4.47 Å². The monoisotopic (exact) mass is 333 g/mol. The summed E-state index contributed by atoms with van der Waals surface area (Å²) >= 11 is 9.19. The number of benzene rings is 1. The molecule has 0 aromatic heterocycles. The number of hydrogen-bond acceptors (Lipinski definition) is 2. The van der Waals surface area contributed by atoms with Gasteiger partial charge in [-0.25, -0.2) is 4.79 Å². The summed E-state index contributed by atoms with van der Waals surface area (Å²) in [6, 6.07) is 3.97. The first-order valence-electron chi connectivity index (χ1n) is 5.32. The number of hydrogen-bond donors (Lipinski definition) is 2. The molecule has 0 spiro atoms. The van der Waals surface area contributed by atoms with Crippen LogP contribution in [0.5, 0.6) is 0 Å². The van der Waals surface area contributed by atoms with Crippen molar-refractivity contribution in [2.24, 2.45) is 5.92 Å². The van der Waals surface area contributed by atoms with E-state index in [1.807, 2.05) is 0 Å². The van der Waals surface area contributed by atoms with Crippen LogP contribution in [0, 0.1) is 5.92 Å². The maximum Gasteiger partial charge on any atom is 0.326 e. The molecule has 1 aromatic rings. The summed E-state index contributed by atoms with van der Waals surface area (Å²) in [6.45, 7) is 3.45. The number of halogens is 2. The molecule has 0 heterocycles. The van der Waals surface area contributed by atoms with Gasteiger partial charge in [-0.1, -0.05) is 31.5 Å². The molecule has 2 N–H and O–H groups in total. The fourth-order valence-corrected chi connectivity index (χ4v) is 1.99. The van der Waals surface area contributed by atoms with Crippen molar-refractivity contribution < 1.29 is 14.7 Å². The van der Waals surface area contributed by atoms with E-state index >= 15 is 0 Å². The van der Waals surface area contributed by atoms with Gasteiger partial charge in [0.25, 0.3) is 5.91 Å². The minimum atomic E-state index is -1.07. The first kappa shape index (κ1) is 15.0. The van der Waals surface area contributed by atoms with Crippen molar-refractivity contribution in [3.8, 4) is 0 Å². The highest BCUT2D eigenvalue weighted by atomic mass is 79.9. The van der Waals surface area contributed by atoms with Gasteiger partial charge in [-0.15, -0.1) is 0 Å². The number of nitrogens with one attached hydrogen (secondary N) is 1. The van der Waals surface area contributed by atoms with Crippen LogP contribution in [0.4, 0.5) is 0 Å². The normalized spacial score (nSPS) is 12.3. The van der Waals surface area contributed by atoms with Gasteiger partial charge >= 0.3 is 5.97 Å². The van der Waals surface area contributed by atoms with Crippen LogP contribution in [0.1, 0.15) is 24.2 Å². The van der Waals surface area contributed by atoms with Crippen LogP contribution in [0.25, 0.3) is 0 Å². The lowest BCUT2D eigenvalue weighted by molar-refractivity contribution is -0.140. The molecular formula is C12H13BrClNO3. The number of rotatable bonds is 4. The van der Waals surface area contributed by atoms with E-state index in [-0.39, 0.29) is 16.5 Å². The fourth-order valence-electron chi connectivity index (χ4n) is 1.41. The molecule has 0 aliphatic heterocycles. The maximum atomic E-state index is 12.0. The highest BCUT2D eigenvalue weighted by Crippen LogP contribution is 2.26. The maximum absolute atomic E-state index is 12.0. The van der Waals surface area contributed by atoms with Crippen LogP contribution in [-0.2, 0) is 4.79 Å². The van der Waals surface area contributed by atoms with Crippen molar-refractivity contribution in [3.05, 3.63) is 33.3 Å². The van der Waals surface area contributed by atoms with E-state index in [1.54, 1.807) is 32.0 Å². The fraction of sp³-hybridized carbons (Fsp3) is 0.333. The predicted octanol–water partition coefficient (Wildman–Crippen LogP) is 2.94. The van der Waals surface area contributed by atoms with Crippen LogP contribution in [0.15, 0.2) is 22.7 Å². The van der Waals surface area contributed by atoms with Gasteiger partial charge in [0.15, 0.2) is 0 Å². The lowest BCUT2D eigenvalue weighted by Gasteiger charge is -2.18. The Bertz CT molecular complexity index is 476. The van der Waals surface area contributed by atoms with Gasteiger partial charge < -0.3 is 10.4 Å². The van der Waals surface area contributed by atoms with Crippen molar-refractivity contribution in [1.29, 1.82) is 0 Å². The molecule has 0 saturated heterocycles. The molecule has 1 aromatic carbocycles. The molecule has 6 heteroatoms. The van der Waals surface area contributed by atoms with E-state index in [9.17, 15) is 9.59 Å². The molecule has 0 saturated carbocycles. The zero-order valence-electron chi connectivity index (χ0n) is 9.91. The summed E-state index contributed by atoms with van der Waals surface area (Å²) in [5, 5.41) is 11.7. The number of carbonyl (C=O) groups excluding carboxylic acids is 1. The second kappa shape index (κ2) is 6.20. The van der Waals surface area contributed by atoms with E-state index in [4.69, 9.17) is 16.7 Å². The Morgan fingerprint density at radius 3 is 2.50 bits per heavy atom. The molecule has 0 radical (unpaired) electrons. The van der Waals surface area contributed by atoms with E-state index in [1.165, 1.54) is 0 Å². The van der Waals surface area contributed by atoms with Gasteiger partial charge in [0, 0.05) is 4.47 Å². The summed E-state index contributed by atoms with van der Waals surface area (Å²) in [6.07, 6.45) is 0. The number of amides is 1. The Hall–Kier alpha value is -1.07. The molecule has 0 bridgehead atoms. The van der Waals surface area contributed by atoms with Gasteiger partial charge in [0.1, 0.15) is 6.04 Å². The van der Waals surface area contributed by atoms with Crippen molar-refractivity contribution >= 4 is 39.4 Å². The lowest BCUT2D eigenvalue weighted by Crippen LogP contribution is -2.44. The molecule has 18 heavy (non-hydrogen) atoms. The topological polar surface area (TPSA) is 66.4 Å². The molecule has 1 unspecified atom stereocenters. The Kier molecular flexibility index (Phi) is 5.16.